The minimum Gasteiger partial charge on any atom is -0.507 e. The van der Waals surface area contributed by atoms with Gasteiger partial charge in [0.05, 0.1) is 16.8 Å². The Balaban J connectivity index is 1.88. The maximum Gasteiger partial charge on any atom is 0.287 e. The van der Waals surface area contributed by atoms with E-state index in [0.717, 1.165) is 29.9 Å². The molecule has 0 saturated carbocycles. The van der Waals surface area contributed by atoms with Crippen molar-refractivity contribution < 1.29 is 14.7 Å². The first kappa shape index (κ1) is 29.5. The lowest BCUT2D eigenvalue weighted by atomic mass is 9.86. The number of hydrogen-bond donors (Lipinski definition) is 3. The lowest BCUT2D eigenvalue weighted by Crippen LogP contribution is -2.33. The van der Waals surface area contributed by atoms with Crippen LogP contribution in [0.5, 0.6) is 5.75 Å². The molecular weight excluding hydrogens is 512 g/mol. The molecule has 3 rings (SSSR count). The van der Waals surface area contributed by atoms with Crippen LogP contribution in [0.2, 0.25) is 5.02 Å². The molecule has 3 N–H and O–H groups in total. The first-order valence-electron chi connectivity index (χ1n) is 12.8. The van der Waals surface area contributed by atoms with Crippen LogP contribution in [0.3, 0.4) is 0 Å². The van der Waals surface area contributed by atoms with Crippen molar-refractivity contribution >= 4 is 41.4 Å². The predicted octanol–water partition coefficient (Wildman–Crippen LogP) is 6.11. The molecule has 0 heterocycles. The summed E-state index contributed by atoms with van der Waals surface area (Å²) in [5, 5.41) is 17.2. The molecule has 3 aromatic carbocycles. The first-order valence-corrected chi connectivity index (χ1v) is 13.2. The highest BCUT2D eigenvalue weighted by Crippen LogP contribution is 2.26. The van der Waals surface area contributed by atoms with Crippen molar-refractivity contribution in [3.05, 3.63) is 99.7 Å². The highest BCUT2D eigenvalue weighted by atomic mass is 35.5. The van der Waals surface area contributed by atoms with E-state index in [9.17, 15) is 14.7 Å². The van der Waals surface area contributed by atoms with Crippen LogP contribution in [0.1, 0.15) is 61.7 Å². The predicted molar refractivity (Wildman–Crippen MR) is 159 cm³/mol. The van der Waals surface area contributed by atoms with Crippen LogP contribution >= 0.6 is 11.6 Å². The molecule has 0 saturated heterocycles. The van der Waals surface area contributed by atoms with Crippen LogP contribution in [0.25, 0.3) is 6.08 Å². The Hall–Kier alpha value is -4.10. The van der Waals surface area contributed by atoms with Gasteiger partial charge in [0.15, 0.2) is 0 Å². The Morgan fingerprint density at radius 2 is 1.67 bits per heavy atom. The summed E-state index contributed by atoms with van der Waals surface area (Å²) in [6.07, 6.45) is 2.94. The van der Waals surface area contributed by atoms with Crippen LogP contribution in [0, 0.1) is 0 Å². The molecule has 0 atom stereocenters. The van der Waals surface area contributed by atoms with Crippen molar-refractivity contribution in [2.24, 2.45) is 5.10 Å². The molecule has 204 valence electrons. The van der Waals surface area contributed by atoms with E-state index in [2.05, 4.69) is 55.4 Å². The second-order valence-electron chi connectivity index (χ2n) is 9.98. The SMILES string of the molecule is CCN(CC)c1ccc(C=C(NC(=O)c2ccccc2Cl)C(=O)N/N=C/c2cc(C(C)(C)C)ccc2O)cc1. The lowest BCUT2D eigenvalue weighted by molar-refractivity contribution is -0.117. The number of anilines is 1. The number of amides is 2. The third kappa shape index (κ3) is 7.94. The summed E-state index contributed by atoms with van der Waals surface area (Å²) in [6, 6.07) is 19.5. The topological polar surface area (TPSA) is 94.0 Å². The summed E-state index contributed by atoms with van der Waals surface area (Å²) in [7, 11) is 0. The highest BCUT2D eigenvalue weighted by Gasteiger charge is 2.17. The average molecular weight is 547 g/mol. The van der Waals surface area contributed by atoms with Crippen molar-refractivity contribution in [1.82, 2.24) is 10.7 Å². The van der Waals surface area contributed by atoms with Gasteiger partial charge in [-0.15, -0.1) is 0 Å². The number of rotatable bonds is 9. The van der Waals surface area contributed by atoms with E-state index in [1.165, 1.54) is 6.21 Å². The van der Waals surface area contributed by atoms with Gasteiger partial charge in [-0.3, -0.25) is 9.59 Å². The van der Waals surface area contributed by atoms with Crippen LogP contribution in [-0.4, -0.2) is 36.2 Å². The number of halogens is 1. The number of phenols is 1. The molecule has 0 fully saturated rings. The van der Waals surface area contributed by atoms with Gasteiger partial charge in [-0.25, -0.2) is 5.43 Å². The third-order valence-electron chi connectivity index (χ3n) is 6.21. The van der Waals surface area contributed by atoms with Crippen molar-refractivity contribution in [3.63, 3.8) is 0 Å². The lowest BCUT2D eigenvalue weighted by Gasteiger charge is -2.21. The van der Waals surface area contributed by atoms with Gasteiger partial charge in [0, 0.05) is 24.3 Å². The molecule has 3 aromatic rings. The number of phenolic OH excluding ortho intramolecular Hbond substituents is 1. The standard InChI is InChI=1S/C31H35ClN4O3/c1-6-36(7-2)24-15-12-21(13-16-24)18-27(34-29(38)25-10-8-9-11-26(25)32)30(39)35-33-20-22-19-23(31(3,4)5)14-17-28(22)37/h8-20,37H,6-7H2,1-5H3,(H,34,38)(H,35,39)/b27-18?,33-20+. The molecule has 8 heteroatoms. The molecule has 2 amide bonds. The van der Waals surface area contributed by atoms with Gasteiger partial charge in [0.2, 0.25) is 0 Å². The number of hydrogen-bond acceptors (Lipinski definition) is 5. The third-order valence-corrected chi connectivity index (χ3v) is 6.54. The van der Waals surface area contributed by atoms with E-state index >= 15 is 0 Å². The van der Waals surface area contributed by atoms with Crippen LogP contribution in [0.4, 0.5) is 5.69 Å². The first-order chi connectivity index (χ1) is 18.5. The summed E-state index contributed by atoms with van der Waals surface area (Å²) < 4.78 is 0. The fourth-order valence-electron chi connectivity index (χ4n) is 3.88. The molecule has 0 aromatic heterocycles. The van der Waals surface area contributed by atoms with E-state index < -0.39 is 11.8 Å². The normalized spacial score (nSPS) is 11.9. The monoisotopic (exact) mass is 546 g/mol. The molecule has 0 aliphatic carbocycles. The molecule has 39 heavy (non-hydrogen) atoms. The molecule has 0 unspecified atom stereocenters. The number of benzene rings is 3. The van der Waals surface area contributed by atoms with E-state index in [4.69, 9.17) is 11.6 Å². The second kappa shape index (κ2) is 13.1. The molecule has 0 radical (unpaired) electrons. The minimum atomic E-state index is -0.633. The number of hydrazone groups is 1. The summed E-state index contributed by atoms with van der Waals surface area (Å²) in [5.41, 5.74) is 5.79. The largest absolute Gasteiger partial charge is 0.507 e. The maximum absolute atomic E-state index is 13.2. The average Bonchev–Trinajstić information content (AvgIpc) is 2.90. The number of aromatic hydroxyl groups is 1. The molecule has 0 spiro atoms. The Kier molecular flexibility index (Phi) is 9.90. The van der Waals surface area contributed by atoms with Gasteiger partial charge in [0.1, 0.15) is 11.4 Å². The number of carbonyl (C=O) groups excluding carboxylic acids is 2. The quantitative estimate of drug-likeness (QED) is 0.171. The van der Waals surface area contributed by atoms with Crippen LogP contribution < -0.4 is 15.6 Å². The fourth-order valence-corrected chi connectivity index (χ4v) is 4.10. The molecule has 7 nitrogen and oxygen atoms in total. The molecule has 0 aliphatic rings. The summed E-state index contributed by atoms with van der Waals surface area (Å²) >= 11 is 6.20. The van der Waals surface area contributed by atoms with Gasteiger partial charge in [-0.2, -0.15) is 5.10 Å². The smallest absolute Gasteiger partial charge is 0.287 e. The van der Waals surface area contributed by atoms with Gasteiger partial charge < -0.3 is 15.3 Å². The van der Waals surface area contributed by atoms with Crippen molar-refractivity contribution in [3.8, 4) is 5.75 Å². The van der Waals surface area contributed by atoms with E-state index in [0.29, 0.717) is 5.56 Å². The molecule has 0 bridgehead atoms. The summed E-state index contributed by atoms with van der Waals surface area (Å²) in [5.74, 6) is -1.12. The number of carbonyl (C=O) groups is 2. The number of nitrogens with one attached hydrogen (secondary N) is 2. The Morgan fingerprint density at radius 1 is 1.00 bits per heavy atom. The molecular formula is C31H35ClN4O3. The second-order valence-corrected chi connectivity index (χ2v) is 10.4. The van der Waals surface area contributed by atoms with Gasteiger partial charge in [-0.05, 0) is 72.9 Å². The Labute approximate surface area is 235 Å². The highest BCUT2D eigenvalue weighted by molar-refractivity contribution is 6.34. The molecule has 0 aliphatic heterocycles. The van der Waals surface area contributed by atoms with E-state index in [1.807, 2.05) is 36.4 Å². The zero-order valence-corrected chi connectivity index (χ0v) is 23.7. The van der Waals surface area contributed by atoms with Crippen LogP contribution in [-0.2, 0) is 10.2 Å². The van der Waals surface area contributed by atoms with Crippen LogP contribution in [0.15, 0.2) is 77.5 Å². The van der Waals surface area contributed by atoms with Crippen molar-refractivity contribution in [2.75, 3.05) is 18.0 Å². The van der Waals surface area contributed by atoms with E-state index in [-0.39, 0.29) is 27.4 Å². The Morgan fingerprint density at radius 3 is 2.28 bits per heavy atom. The van der Waals surface area contributed by atoms with E-state index in [1.54, 1.807) is 36.4 Å². The van der Waals surface area contributed by atoms with Gasteiger partial charge in [0.25, 0.3) is 11.8 Å². The Bertz CT molecular complexity index is 1370. The van der Waals surface area contributed by atoms with Gasteiger partial charge in [-0.1, -0.05) is 62.7 Å². The maximum atomic E-state index is 13.2. The van der Waals surface area contributed by atoms with Crippen molar-refractivity contribution in [2.45, 2.75) is 40.0 Å². The summed E-state index contributed by atoms with van der Waals surface area (Å²) in [4.78, 5) is 28.3. The summed E-state index contributed by atoms with van der Waals surface area (Å²) in [6.45, 7) is 12.1. The minimum absolute atomic E-state index is 0.0136. The van der Waals surface area contributed by atoms with Crippen molar-refractivity contribution in [1.29, 1.82) is 0 Å². The zero-order valence-electron chi connectivity index (χ0n) is 23.0. The van der Waals surface area contributed by atoms with Gasteiger partial charge >= 0.3 is 0 Å². The zero-order chi connectivity index (χ0) is 28.6. The fraction of sp³-hybridized carbons (Fsp3) is 0.258. The number of nitrogens with zero attached hydrogens (tertiary/aromatic N) is 2.